The number of aliphatic hydroxyl groups is 1. The molecule has 21 heavy (non-hydrogen) atoms. The monoisotopic (exact) mass is 311 g/mol. The lowest BCUT2D eigenvalue weighted by Gasteiger charge is -2.42. The summed E-state index contributed by atoms with van der Waals surface area (Å²) < 4.78 is 44.2. The van der Waals surface area contributed by atoms with Crippen molar-refractivity contribution in [3.05, 3.63) is 0 Å². The van der Waals surface area contributed by atoms with E-state index >= 15 is 0 Å². The molecular weight excluding hydrogens is 287 g/mol. The second kappa shape index (κ2) is 6.02. The van der Waals surface area contributed by atoms with E-state index in [1.54, 1.807) is 20.8 Å². The van der Waals surface area contributed by atoms with Gasteiger partial charge in [-0.3, -0.25) is 0 Å². The van der Waals surface area contributed by atoms with Crippen molar-refractivity contribution in [2.24, 2.45) is 5.92 Å². The van der Waals surface area contributed by atoms with Gasteiger partial charge in [-0.25, -0.2) is 4.79 Å². The molecule has 0 aliphatic carbocycles. The zero-order chi connectivity index (χ0) is 16.5. The smallest absolute Gasteiger partial charge is 0.417 e. The second-order valence-corrected chi connectivity index (χ2v) is 6.52. The number of hydrogen-bond donors (Lipinski definition) is 1. The molecule has 1 rings (SSSR count). The van der Waals surface area contributed by atoms with E-state index in [4.69, 9.17) is 4.74 Å². The average Bonchev–Trinajstić information content (AvgIpc) is 2.34. The summed E-state index contributed by atoms with van der Waals surface area (Å²) in [6.07, 6.45) is -5.33. The molecule has 1 amide bonds. The van der Waals surface area contributed by atoms with E-state index in [1.165, 1.54) is 11.8 Å². The molecule has 1 N–H and O–H groups in total. The highest BCUT2D eigenvalue weighted by Gasteiger charge is 2.57. The van der Waals surface area contributed by atoms with Crippen LogP contribution in [0.2, 0.25) is 0 Å². The maximum Gasteiger partial charge on any atom is 0.417 e. The average molecular weight is 311 g/mol. The van der Waals surface area contributed by atoms with Crippen LogP contribution in [0.15, 0.2) is 0 Å². The Labute approximate surface area is 123 Å². The standard InChI is InChI=1S/C14H24F3NO3/c1-5-13(20,14(15,16)17)10-6-8-18(9-7-10)11(19)21-12(2,3)4/h10,20H,5-9H2,1-4H3/t13-/m1/s1. The van der Waals surface area contributed by atoms with Crippen LogP contribution in [0.4, 0.5) is 18.0 Å². The summed E-state index contributed by atoms with van der Waals surface area (Å²) in [6.45, 7) is 6.86. The van der Waals surface area contributed by atoms with Crippen molar-refractivity contribution in [2.45, 2.75) is 64.3 Å². The minimum Gasteiger partial charge on any atom is -0.444 e. The van der Waals surface area contributed by atoms with Gasteiger partial charge < -0.3 is 14.7 Å². The highest BCUT2D eigenvalue weighted by Crippen LogP contribution is 2.43. The molecule has 0 saturated carbocycles. The lowest BCUT2D eigenvalue weighted by Crippen LogP contribution is -2.54. The number of nitrogens with zero attached hydrogens (tertiary/aromatic N) is 1. The number of carbonyl (C=O) groups excluding carboxylic acids is 1. The normalized spacial score (nSPS) is 21.0. The van der Waals surface area contributed by atoms with Gasteiger partial charge in [0.05, 0.1) is 0 Å². The topological polar surface area (TPSA) is 49.8 Å². The maximum atomic E-state index is 13.0. The molecule has 0 bridgehead atoms. The summed E-state index contributed by atoms with van der Waals surface area (Å²) in [5.41, 5.74) is -3.31. The zero-order valence-electron chi connectivity index (χ0n) is 13.0. The van der Waals surface area contributed by atoms with Crippen LogP contribution in [-0.2, 0) is 4.74 Å². The molecule has 1 aliphatic rings. The number of carbonyl (C=O) groups is 1. The molecule has 4 nitrogen and oxygen atoms in total. The zero-order valence-corrected chi connectivity index (χ0v) is 13.0. The predicted octanol–water partition coefficient (Wildman–Crippen LogP) is 3.34. The van der Waals surface area contributed by atoms with Gasteiger partial charge in [0.15, 0.2) is 5.60 Å². The van der Waals surface area contributed by atoms with Crippen LogP contribution in [0.5, 0.6) is 0 Å². The molecule has 0 aromatic rings. The van der Waals surface area contributed by atoms with Gasteiger partial charge in [-0.2, -0.15) is 13.2 Å². The van der Waals surface area contributed by atoms with E-state index in [2.05, 4.69) is 0 Å². The lowest BCUT2D eigenvalue weighted by atomic mass is 9.78. The van der Waals surface area contributed by atoms with E-state index in [1.807, 2.05) is 0 Å². The molecule has 124 valence electrons. The molecule has 0 radical (unpaired) electrons. The van der Waals surface area contributed by atoms with Crippen LogP contribution in [0.3, 0.4) is 0 Å². The van der Waals surface area contributed by atoms with Crippen LogP contribution >= 0.6 is 0 Å². The Kier molecular flexibility index (Phi) is 5.18. The van der Waals surface area contributed by atoms with Gasteiger partial charge in [-0.1, -0.05) is 6.92 Å². The summed E-state index contributed by atoms with van der Waals surface area (Å²) in [5.74, 6) is -0.888. The van der Waals surface area contributed by atoms with Crippen molar-refractivity contribution in [2.75, 3.05) is 13.1 Å². The summed E-state index contributed by atoms with van der Waals surface area (Å²) in [5, 5.41) is 9.93. The molecule has 1 saturated heterocycles. The minimum atomic E-state index is -4.65. The first-order valence-electron chi connectivity index (χ1n) is 7.17. The number of likely N-dealkylation sites (tertiary alicyclic amines) is 1. The fraction of sp³-hybridized carbons (Fsp3) is 0.929. The molecule has 7 heteroatoms. The van der Waals surface area contributed by atoms with Crippen LogP contribution in [-0.4, -0.2) is 46.6 Å². The van der Waals surface area contributed by atoms with Gasteiger partial charge in [-0.15, -0.1) is 0 Å². The SMILES string of the molecule is CC[C@@](O)(C1CCN(C(=O)OC(C)(C)C)CC1)C(F)(F)F. The predicted molar refractivity (Wildman–Crippen MR) is 71.8 cm³/mol. The first-order valence-corrected chi connectivity index (χ1v) is 7.17. The number of amides is 1. The van der Waals surface area contributed by atoms with Gasteiger partial charge in [0, 0.05) is 13.1 Å². The van der Waals surface area contributed by atoms with Crippen molar-refractivity contribution < 1.29 is 27.8 Å². The molecular formula is C14H24F3NO3. The number of ether oxygens (including phenoxy) is 1. The van der Waals surface area contributed by atoms with Gasteiger partial charge in [0.1, 0.15) is 5.60 Å². The third kappa shape index (κ3) is 4.25. The Balaban J connectivity index is 2.65. The van der Waals surface area contributed by atoms with Crippen molar-refractivity contribution in [1.82, 2.24) is 4.90 Å². The quantitative estimate of drug-likeness (QED) is 0.851. The van der Waals surface area contributed by atoms with E-state index in [9.17, 15) is 23.1 Å². The number of alkyl halides is 3. The molecule has 1 fully saturated rings. The van der Waals surface area contributed by atoms with Crippen molar-refractivity contribution in [3.63, 3.8) is 0 Å². The van der Waals surface area contributed by atoms with Crippen LogP contribution in [0.1, 0.15) is 47.0 Å². The highest BCUT2D eigenvalue weighted by atomic mass is 19.4. The molecule has 0 unspecified atom stereocenters. The fourth-order valence-corrected chi connectivity index (χ4v) is 2.59. The summed E-state index contributed by atoms with van der Waals surface area (Å²) >= 11 is 0. The third-order valence-electron chi connectivity index (χ3n) is 3.85. The van der Waals surface area contributed by atoms with Crippen LogP contribution < -0.4 is 0 Å². The molecule has 0 spiro atoms. The van der Waals surface area contributed by atoms with E-state index in [0.29, 0.717) is 0 Å². The van der Waals surface area contributed by atoms with Gasteiger partial charge in [0.25, 0.3) is 0 Å². The van der Waals surface area contributed by atoms with Crippen molar-refractivity contribution in [3.8, 4) is 0 Å². The Morgan fingerprint density at radius 3 is 2.05 bits per heavy atom. The van der Waals surface area contributed by atoms with Crippen LogP contribution in [0.25, 0.3) is 0 Å². The van der Waals surface area contributed by atoms with Crippen molar-refractivity contribution in [1.29, 1.82) is 0 Å². The summed E-state index contributed by atoms with van der Waals surface area (Å²) in [4.78, 5) is 13.3. The Bertz CT molecular complexity index is 371. The number of halogens is 3. The number of piperidine rings is 1. The summed E-state index contributed by atoms with van der Waals surface area (Å²) in [6, 6.07) is 0. The Hall–Kier alpha value is -0.980. The molecule has 1 aliphatic heterocycles. The molecule has 0 aromatic carbocycles. The summed E-state index contributed by atoms with van der Waals surface area (Å²) in [7, 11) is 0. The van der Waals surface area contributed by atoms with Gasteiger partial charge in [0.2, 0.25) is 0 Å². The molecule has 1 atom stereocenters. The number of hydrogen-bond acceptors (Lipinski definition) is 3. The Morgan fingerprint density at radius 2 is 1.71 bits per heavy atom. The lowest BCUT2D eigenvalue weighted by molar-refractivity contribution is -0.284. The third-order valence-corrected chi connectivity index (χ3v) is 3.85. The van der Waals surface area contributed by atoms with E-state index < -0.39 is 29.4 Å². The number of rotatable bonds is 2. The van der Waals surface area contributed by atoms with E-state index in [-0.39, 0.29) is 32.4 Å². The highest BCUT2D eigenvalue weighted by molar-refractivity contribution is 5.68. The molecule has 1 heterocycles. The second-order valence-electron chi connectivity index (χ2n) is 6.52. The first-order chi connectivity index (χ1) is 9.40. The maximum absolute atomic E-state index is 13.0. The van der Waals surface area contributed by atoms with Crippen LogP contribution in [0, 0.1) is 5.92 Å². The fourth-order valence-electron chi connectivity index (χ4n) is 2.59. The largest absolute Gasteiger partial charge is 0.444 e. The first kappa shape index (κ1) is 18.1. The van der Waals surface area contributed by atoms with Gasteiger partial charge in [-0.05, 0) is 46.0 Å². The van der Waals surface area contributed by atoms with E-state index in [0.717, 1.165) is 0 Å². The Morgan fingerprint density at radius 1 is 1.24 bits per heavy atom. The minimum absolute atomic E-state index is 0.114. The van der Waals surface area contributed by atoms with Crippen molar-refractivity contribution >= 4 is 6.09 Å². The molecule has 0 aromatic heterocycles. The van der Waals surface area contributed by atoms with Gasteiger partial charge >= 0.3 is 12.3 Å².